The summed E-state index contributed by atoms with van der Waals surface area (Å²) in [4.78, 5) is 6.78. The van der Waals surface area contributed by atoms with Gasteiger partial charge in [0.25, 0.3) is 0 Å². The summed E-state index contributed by atoms with van der Waals surface area (Å²) in [6.07, 6.45) is 0. The Labute approximate surface area is 273 Å². The number of fused-ring (bicyclic) bond motifs is 4. The van der Waals surface area contributed by atoms with Crippen LogP contribution in [0.25, 0.3) is 0 Å². The van der Waals surface area contributed by atoms with Gasteiger partial charge in [-0.1, -0.05) is 72.8 Å². The van der Waals surface area contributed by atoms with Crippen molar-refractivity contribution in [3.63, 3.8) is 0 Å². The molecule has 0 aromatic heterocycles. The van der Waals surface area contributed by atoms with Crippen LogP contribution in [0.3, 0.4) is 0 Å². The number of hydrogen-bond acceptors (Lipinski definition) is 5. The van der Waals surface area contributed by atoms with Gasteiger partial charge in [-0.3, -0.25) is 0 Å². The lowest BCUT2D eigenvalue weighted by Crippen LogP contribution is -2.17. The summed E-state index contributed by atoms with van der Waals surface area (Å²) in [5, 5.41) is 0. The van der Waals surface area contributed by atoms with Gasteiger partial charge in [0.05, 0.1) is 22.7 Å². The van der Waals surface area contributed by atoms with Crippen LogP contribution in [-0.4, -0.2) is 0 Å². The van der Waals surface area contributed by atoms with Gasteiger partial charge in [-0.05, 0) is 97.1 Å². The average Bonchev–Trinajstić information content (AvgIpc) is 3.14. The van der Waals surface area contributed by atoms with Gasteiger partial charge in [-0.2, -0.15) is 0 Å². The lowest BCUT2D eigenvalue weighted by atomic mass is 10.1. The second-order valence-electron chi connectivity index (χ2n) is 11.5. The van der Waals surface area contributed by atoms with Gasteiger partial charge >= 0.3 is 0 Å². The minimum atomic E-state index is 0.795. The maximum Gasteiger partial charge on any atom is 0.153 e. The summed E-state index contributed by atoms with van der Waals surface area (Å²) in [7, 11) is 0. The summed E-state index contributed by atoms with van der Waals surface area (Å²) >= 11 is 0. The Morgan fingerprint density at radius 1 is 0.319 bits per heavy atom. The molecule has 7 aromatic carbocycles. The normalized spacial score (nSPS) is 12.5. The van der Waals surface area contributed by atoms with Crippen molar-refractivity contribution < 1.29 is 9.47 Å². The van der Waals surface area contributed by atoms with E-state index in [9.17, 15) is 0 Å². The molecule has 47 heavy (non-hydrogen) atoms. The minimum absolute atomic E-state index is 0.795. The SMILES string of the molecule is c1ccc(N(c2ccc(N3c4ccccc4Oc4ccccc43)cc2)c2ccc3c(c2)Oc2ccccc2N3c2ccccc2)cc1. The standard InChI is InChI=1S/C42H29N3O2/c1-3-13-30(14-4-1)43(32-23-25-33(26-24-32)45-35-17-7-10-20-39(35)46-40-21-11-8-18-36(40)45)34-27-28-38-42(29-34)47-41-22-12-9-19-37(41)44(38)31-15-5-2-6-16-31/h1-29H. The van der Waals surface area contributed by atoms with Crippen LogP contribution in [0, 0.1) is 0 Å². The van der Waals surface area contributed by atoms with E-state index in [1.807, 2.05) is 66.7 Å². The van der Waals surface area contributed by atoms with Crippen molar-refractivity contribution in [2.24, 2.45) is 0 Å². The first-order chi connectivity index (χ1) is 23.3. The summed E-state index contributed by atoms with van der Waals surface area (Å²) in [5.74, 6) is 3.29. The van der Waals surface area contributed by atoms with E-state index >= 15 is 0 Å². The molecule has 0 N–H and O–H groups in total. The molecule has 224 valence electrons. The molecule has 0 unspecified atom stereocenters. The Kier molecular flexibility index (Phi) is 6.39. The van der Waals surface area contributed by atoms with E-state index < -0.39 is 0 Å². The van der Waals surface area contributed by atoms with Crippen molar-refractivity contribution in [3.8, 4) is 23.0 Å². The molecule has 2 aliphatic heterocycles. The molecule has 2 aliphatic rings. The van der Waals surface area contributed by atoms with Crippen LogP contribution in [0.1, 0.15) is 0 Å². The largest absolute Gasteiger partial charge is 0.453 e. The van der Waals surface area contributed by atoms with Crippen LogP contribution >= 0.6 is 0 Å². The Balaban J connectivity index is 1.14. The molecule has 0 aliphatic carbocycles. The van der Waals surface area contributed by atoms with Gasteiger partial charge in [-0.15, -0.1) is 0 Å². The Hall–Kier alpha value is -6.46. The van der Waals surface area contributed by atoms with Crippen LogP contribution in [0.5, 0.6) is 23.0 Å². The maximum atomic E-state index is 6.57. The number of hydrogen-bond donors (Lipinski definition) is 0. The zero-order valence-corrected chi connectivity index (χ0v) is 25.4. The molecule has 5 nitrogen and oxygen atoms in total. The molecule has 0 spiro atoms. The van der Waals surface area contributed by atoms with Crippen LogP contribution in [0.2, 0.25) is 0 Å². The molecule has 0 bridgehead atoms. The lowest BCUT2D eigenvalue weighted by Gasteiger charge is -2.34. The van der Waals surface area contributed by atoms with Gasteiger partial charge in [0.15, 0.2) is 23.0 Å². The zero-order chi connectivity index (χ0) is 31.2. The Morgan fingerprint density at radius 2 is 0.723 bits per heavy atom. The van der Waals surface area contributed by atoms with Gasteiger partial charge < -0.3 is 24.2 Å². The molecule has 0 radical (unpaired) electrons. The molecule has 7 aromatic rings. The number of anilines is 9. The first-order valence-electron chi connectivity index (χ1n) is 15.7. The smallest absolute Gasteiger partial charge is 0.153 e. The van der Waals surface area contributed by atoms with E-state index in [2.05, 4.69) is 124 Å². The second-order valence-corrected chi connectivity index (χ2v) is 11.5. The van der Waals surface area contributed by atoms with Gasteiger partial charge in [-0.25, -0.2) is 0 Å². The monoisotopic (exact) mass is 607 g/mol. The van der Waals surface area contributed by atoms with E-state index in [-0.39, 0.29) is 0 Å². The molecule has 0 saturated heterocycles. The molecule has 9 rings (SSSR count). The summed E-state index contributed by atoms with van der Waals surface area (Å²) < 4.78 is 12.8. The summed E-state index contributed by atoms with van der Waals surface area (Å²) in [6.45, 7) is 0. The fraction of sp³-hybridized carbons (Fsp3) is 0. The van der Waals surface area contributed by atoms with Gasteiger partial charge in [0.1, 0.15) is 0 Å². The van der Waals surface area contributed by atoms with E-state index in [4.69, 9.17) is 9.47 Å². The van der Waals surface area contributed by atoms with E-state index in [0.29, 0.717) is 0 Å². The number of nitrogens with zero attached hydrogens (tertiary/aromatic N) is 3. The fourth-order valence-corrected chi connectivity index (χ4v) is 6.50. The molecule has 0 atom stereocenters. The van der Waals surface area contributed by atoms with Crippen molar-refractivity contribution in [2.75, 3.05) is 14.7 Å². The van der Waals surface area contributed by atoms with Crippen LogP contribution in [0.4, 0.5) is 51.2 Å². The molecule has 0 fully saturated rings. The minimum Gasteiger partial charge on any atom is -0.453 e. The number of ether oxygens (including phenoxy) is 2. The average molecular weight is 608 g/mol. The number of benzene rings is 7. The molecule has 0 saturated carbocycles. The third-order valence-electron chi connectivity index (χ3n) is 8.60. The predicted molar refractivity (Wildman–Crippen MR) is 191 cm³/mol. The quantitative estimate of drug-likeness (QED) is 0.194. The third-order valence-corrected chi connectivity index (χ3v) is 8.60. The predicted octanol–water partition coefficient (Wildman–Crippen LogP) is 12.3. The number of rotatable bonds is 5. The topological polar surface area (TPSA) is 28.2 Å². The van der Waals surface area contributed by atoms with Crippen LogP contribution in [-0.2, 0) is 0 Å². The molecule has 5 heteroatoms. The zero-order valence-electron chi connectivity index (χ0n) is 25.4. The van der Waals surface area contributed by atoms with E-state index in [1.54, 1.807) is 0 Å². The van der Waals surface area contributed by atoms with Crippen LogP contribution < -0.4 is 24.2 Å². The molecular weight excluding hydrogens is 578 g/mol. The maximum absolute atomic E-state index is 6.57. The first-order valence-corrected chi connectivity index (χ1v) is 15.7. The highest BCUT2D eigenvalue weighted by molar-refractivity contribution is 5.90. The van der Waals surface area contributed by atoms with E-state index in [1.165, 1.54) is 0 Å². The Bertz CT molecular complexity index is 2170. The summed E-state index contributed by atoms with van der Waals surface area (Å²) in [6, 6.07) is 60.5. The van der Waals surface area contributed by atoms with Crippen molar-refractivity contribution in [3.05, 3.63) is 176 Å². The van der Waals surface area contributed by atoms with Crippen molar-refractivity contribution in [1.29, 1.82) is 0 Å². The molecular formula is C42H29N3O2. The molecule has 2 heterocycles. The van der Waals surface area contributed by atoms with Crippen molar-refractivity contribution >= 4 is 51.2 Å². The highest BCUT2D eigenvalue weighted by Crippen LogP contribution is 2.53. The first kappa shape index (κ1) is 26.9. The van der Waals surface area contributed by atoms with Crippen LogP contribution in [0.15, 0.2) is 176 Å². The van der Waals surface area contributed by atoms with Gasteiger partial charge in [0.2, 0.25) is 0 Å². The molecule has 0 amide bonds. The third kappa shape index (κ3) is 4.64. The summed E-state index contributed by atoms with van der Waals surface area (Å²) in [5.41, 5.74) is 9.24. The lowest BCUT2D eigenvalue weighted by molar-refractivity contribution is 0.477. The van der Waals surface area contributed by atoms with Crippen molar-refractivity contribution in [1.82, 2.24) is 0 Å². The van der Waals surface area contributed by atoms with Gasteiger partial charge in [0, 0.05) is 34.5 Å². The fourth-order valence-electron chi connectivity index (χ4n) is 6.50. The van der Waals surface area contributed by atoms with E-state index in [0.717, 1.165) is 74.2 Å². The highest BCUT2D eigenvalue weighted by Gasteiger charge is 2.28. The highest BCUT2D eigenvalue weighted by atomic mass is 16.5. The number of para-hydroxylation sites is 8. The second kappa shape index (κ2) is 11.2. The van der Waals surface area contributed by atoms with Crippen molar-refractivity contribution in [2.45, 2.75) is 0 Å². The Morgan fingerprint density at radius 3 is 1.30 bits per heavy atom.